The molecule has 2 aromatic rings. The van der Waals surface area contributed by atoms with Crippen LogP contribution in [0.3, 0.4) is 0 Å². The molecule has 0 spiro atoms. The smallest absolute Gasteiger partial charge is 0.303 e. The number of hydrogen-bond donors (Lipinski definition) is 2. The zero-order valence-electron chi connectivity index (χ0n) is 19.9. The molecule has 5 rings (SSSR count). The van der Waals surface area contributed by atoms with E-state index < -0.39 is 12.0 Å². The van der Waals surface area contributed by atoms with Crippen molar-refractivity contribution in [2.75, 3.05) is 23.9 Å². The lowest BCUT2D eigenvalue weighted by molar-refractivity contribution is -0.137. The molecule has 2 atom stereocenters. The highest BCUT2D eigenvalue weighted by Crippen LogP contribution is 2.36. The Morgan fingerprint density at radius 1 is 1.19 bits per heavy atom. The van der Waals surface area contributed by atoms with Crippen molar-refractivity contribution in [3.05, 3.63) is 63.9 Å². The lowest BCUT2D eigenvalue weighted by atomic mass is 9.99. The van der Waals surface area contributed by atoms with Gasteiger partial charge in [0.25, 0.3) is 0 Å². The van der Waals surface area contributed by atoms with Crippen LogP contribution in [-0.4, -0.2) is 58.1 Å². The van der Waals surface area contributed by atoms with Crippen molar-refractivity contribution in [2.45, 2.75) is 50.6 Å². The first-order chi connectivity index (χ1) is 17.5. The summed E-state index contributed by atoms with van der Waals surface area (Å²) in [6.07, 6.45) is 5.05. The van der Waals surface area contributed by atoms with Crippen molar-refractivity contribution >= 4 is 51.1 Å². The molecule has 10 heteroatoms. The van der Waals surface area contributed by atoms with Gasteiger partial charge in [-0.25, -0.2) is 8.80 Å². The Labute approximate surface area is 223 Å². The molecular weight excluding hydrogens is 545 g/mol. The fourth-order valence-corrected chi connectivity index (χ4v) is 6.22. The summed E-state index contributed by atoms with van der Waals surface area (Å²) >= 11 is 5.24. The Balaban J connectivity index is 1.48. The van der Waals surface area contributed by atoms with E-state index in [1.54, 1.807) is 30.1 Å². The van der Waals surface area contributed by atoms with Crippen LogP contribution in [0.15, 0.2) is 57.0 Å². The van der Waals surface area contributed by atoms with Gasteiger partial charge < -0.3 is 15.3 Å². The number of aliphatic imine (C=N–C) groups is 1. The number of carbonyl (C=O) groups is 1. The molecule has 0 bridgehead atoms. The molecule has 2 aromatic carbocycles. The molecular formula is C26H29BrFN5O2S. The number of carboxylic acids is 1. The molecule has 7 nitrogen and oxygen atoms in total. The van der Waals surface area contributed by atoms with Crippen LogP contribution in [0, 0.1) is 5.82 Å². The molecule has 0 saturated carbocycles. The topological polar surface area (TPSA) is 80.5 Å². The van der Waals surface area contributed by atoms with E-state index in [1.807, 2.05) is 22.6 Å². The summed E-state index contributed by atoms with van der Waals surface area (Å²) < 4.78 is 17.8. The number of fused-ring (bicyclic) bond motifs is 3. The second-order valence-corrected chi connectivity index (χ2v) is 11.2. The summed E-state index contributed by atoms with van der Waals surface area (Å²) in [4.78, 5) is 18.5. The SMILES string of the molecule is O=C(O)CC[C@@H]1N=C(c2ccccc2F)c2cc(Br)ccc2N2CN(SCC[C@@H]3CCCCN3)N=C12. The molecule has 3 aliphatic heterocycles. The Hall–Kier alpha value is -2.43. The molecule has 1 saturated heterocycles. The van der Waals surface area contributed by atoms with E-state index in [2.05, 4.69) is 26.1 Å². The Morgan fingerprint density at radius 2 is 2.06 bits per heavy atom. The minimum absolute atomic E-state index is 0.0495. The van der Waals surface area contributed by atoms with Crippen LogP contribution >= 0.6 is 27.9 Å². The molecule has 190 valence electrons. The van der Waals surface area contributed by atoms with Crippen LogP contribution in [0.4, 0.5) is 10.1 Å². The third-order valence-electron chi connectivity index (χ3n) is 6.72. The second kappa shape index (κ2) is 11.3. The first-order valence-corrected chi connectivity index (χ1v) is 14.1. The Bertz CT molecular complexity index is 1190. The van der Waals surface area contributed by atoms with Crippen molar-refractivity contribution in [3.63, 3.8) is 0 Å². The molecule has 36 heavy (non-hydrogen) atoms. The maximum Gasteiger partial charge on any atom is 0.303 e. The van der Waals surface area contributed by atoms with Crippen LogP contribution < -0.4 is 10.2 Å². The van der Waals surface area contributed by atoms with Crippen LogP contribution in [0.25, 0.3) is 0 Å². The van der Waals surface area contributed by atoms with Crippen molar-refractivity contribution in [1.29, 1.82) is 0 Å². The molecule has 0 amide bonds. The molecule has 0 radical (unpaired) electrons. The normalized spacial score (nSPS) is 21.4. The fourth-order valence-electron chi connectivity index (χ4n) is 4.92. The van der Waals surface area contributed by atoms with Crippen LogP contribution in [0.1, 0.15) is 49.7 Å². The van der Waals surface area contributed by atoms with Gasteiger partial charge in [-0.2, -0.15) is 0 Å². The molecule has 0 unspecified atom stereocenters. The van der Waals surface area contributed by atoms with Crippen molar-refractivity contribution in [3.8, 4) is 0 Å². The summed E-state index contributed by atoms with van der Waals surface area (Å²) in [5.74, 6) is 0.392. The van der Waals surface area contributed by atoms with Gasteiger partial charge in [-0.15, -0.1) is 5.10 Å². The van der Waals surface area contributed by atoms with Crippen LogP contribution in [-0.2, 0) is 4.79 Å². The van der Waals surface area contributed by atoms with E-state index in [0.29, 0.717) is 29.8 Å². The number of anilines is 1. The lowest BCUT2D eigenvalue weighted by Crippen LogP contribution is -2.36. The highest BCUT2D eigenvalue weighted by molar-refractivity contribution is 9.10. The van der Waals surface area contributed by atoms with Gasteiger partial charge in [0.15, 0.2) is 5.84 Å². The number of benzene rings is 2. The Morgan fingerprint density at radius 3 is 2.83 bits per heavy atom. The highest BCUT2D eigenvalue weighted by Gasteiger charge is 2.36. The number of carboxylic acid groups (broad SMARTS) is 1. The third kappa shape index (κ3) is 5.60. The number of rotatable bonds is 8. The van der Waals surface area contributed by atoms with Gasteiger partial charge in [0.1, 0.15) is 18.5 Å². The number of amidine groups is 1. The maximum absolute atomic E-state index is 14.9. The van der Waals surface area contributed by atoms with Crippen molar-refractivity contribution in [2.24, 2.45) is 10.1 Å². The van der Waals surface area contributed by atoms with E-state index in [0.717, 1.165) is 34.4 Å². The zero-order valence-corrected chi connectivity index (χ0v) is 22.3. The monoisotopic (exact) mass is 573 g/mol. The summed E-state index contributed by atoms with van der Waals surface area (Å²) in [7, 11) is 0. The van der Waals surface area contributed by atoms with Gasteiger partial charge in [0.05, 0.1) is 11.4 Å². The van der Waals surface area contributed by atoms with E-state index in [1.165, 1.54) is 25.3 Å². The lowest BCUT2D eigenvalue weighted by Gasteiger charge is -2.25. The number of piperidine rings is 1. The van der Waals surface area contributed by atoms with E-state index >= 15 is 0 Å². The first-order valence-electron chi connectivity index (χ1n) is 12.3. The number of aliphatic carboxylic acids is 1. The van der Waals surface area contributed by atoms with Crippen LogP contribution in [0.2, 0.25) is 0 Å². The van der Waals surface area contributed by atoms with Crippen molar-refractivity contribution in [1.82, 2.24) is 9.73 Å². The zero-order chi connectivity index (χ0) is 25.1. The summed E-state index contributed by atoms with van der Waals surface area (Å²) in [6, 6.07) is 12.5. The molecule has 2 N–H and O–H groups in total. The average Bonchev–Trinajstić information content (AvgIpc) is 3.24. The number of halogens is 2. The van der Waals surface area contributed by atoms with Gasteiger partial charge in [-0.05, 0) is 74.5 Å². The van der Waals surface area contributed by atoms with E-state index in [-0.39, 0.29) is 18.7 Å². The summed E-state index contributed by atoms with van der Waals surface area (Å²) in [6.45, 7) is 1.62. The maximum atomic E-state index is 14.9. The minimum Gasteiger partial charge on any atom is -0.481 e. The number of nitrogens with zero attached hydrogens (tertiary/aromatic N) is 4. The van der Waals surface area contributed by atoms with Crippen molar-refractivity contribution < 1.29 is 14.3 Å². The van der Waals surface area contributed by atoms with Gasteiger partial charge in [-0.1, -0.05) is 34.5 Å². The number of hydrazone groups is 1. The minimum atomic E-state index is -0.890. The standard InChI is InChI=1S/C26H29BrFN5O2S/c27-17-8-10-23-20(15-17)25(19-6-1-2-7-21(19)28)30-22(9-11-24(34)35)26-31-33(16-32(23)26)36-14-12-18-5-3-4-13-29-18/h1-2,6-8,10,15,18,22,29H,3-5,9,11-14,16H2,(H,34,35)/t18-,22-/m0/s1. The first kappa shape index (κ1) is 25.2. The number of nitrogens with one attached hydrogen (secondary N) is 1. The summed E-state index contributed by atoms with van der Waals surface area (Å²) in [5.41, 5.74) is 2.58. The molecule has 1 fully saturated rings. The van der Waals surface area contributed by atoms with Crippen LogP contribution in [0.5, 0.6) is 0 Å². The summed E-state index contributed by atoms with van der Waals surface area (Å²) in [5, 5.41) is 17.9. The van der Waals surface area contributed by atoms with E-state index in [4.69, 9.17) is 10.1 Å². The molecule has 3 heterocycles. The quantitative estimate of drug-likeness (QED) is 0.420. The third-order valence-corrected chi connectivity index (χ3v) is 8.13. The van der Waals surface area contributed by atoms with Gasteiger partial charge in [-0.3, -0.25) is 9.79 Å². The molecule has 3 aliphatic rings. The fraction of sp³-hybridized carbons (Fsp3) is 0.423. The molecule has 0 aromatic heterocycles. The molecule has 0 aliphatic carbocycles. The largest absolute Gasteiger partial charge is 0.481 e. The van der Waals surface area contributed by atoms with E-state index in [9.17, 15) is 14.3 Å². The Kier molecular flexibility index (Phi) is 7.93. The second-order valence-electron chi connectivity index (χ2n) is 9.22. The van der Waals surface area contributed by atoms with Gasteiger partial charge >= 0.3 is 5.97 Å². The van der Waals surface area contributed by atoms with Gasteiger partial charge in [0, 0.05) is 33.8 Å². The van der Waals surface area contributed by atoms with Gasteiger partial charge in [0.2, 0.25) is 0 Å². The number of hydrogen-bond acceptors (Lipinski definition) is 7. The average molecular weight is 575 g/mol. The predicted molar refractivity (Wildman–Crippen MR) is 146 cm³/mol. The predicted octanol–water partition coefficient (Wildman–Crippen LogP) is 5.25. The highest BCUT2D eigenvalue weighted by atomic mass is 79.9.